The summed E-state index contributed by atoms with van der Waals surface area (Å²) < 4.78 is 2.39. The first-order valence-electron chi connectivity index (χ1n) is 11.7. The molecule has 0 saturated carbocycles. The highest BCUT2D eigenvalue weighted by Crippen LogP contribution is 2.44. The van der Waals surface area contributed by atoms with Gasteiger partial charge in [-0.2, -0.15) is 0 Å². The van der Waals surface area contributed by atoms with Crippen LogP contribution in [-0.2, 0) is 0 Å². The predicted molar refractivity (Wildman–Crippen MR) is 144 cm³/mol. The Kier molecular flexibility index (Phi) is 5.74. The van der Waals surface area contributed by atoms with Crippen LogP contribution in [0.1, 0.15) is 51.4 Å². The van der Waals surface area contributed by atoms with Crippen LogP contribution in [0.3, 0.4) is 0 Å². The highest BCUT2D eigenvalue weighted by Gasteiger charge is 2.42. The molecule has 2 aromatic carbocycles. The van der Waals surface area contributed by atoms with Crippen LogP contribution < -0.4 is 10.2 Å². The van der Waals surface area contributed by atoms with Crippen LogP contribution in [0, 0.1) is 34.6 Å². The van der Waals surface area contributed by atoms with Gasteiger partial charge in [0.05, 0.1) is 23.5 Å². The molecule has 1 saturated heterocycles. The molecule has 0 spiro atoms. The fraction of sp³-hybridized carbons (Fsp3) is 0.241. The molecule has 0 radical (unpaired) electrons. The summed E-state index contributed by atoms with van der Waals surface area (Å²) in [5, 5.41) is 4.31. The summed E-state index contributed by atoms with van der Waals surface area (Å²) in [7, 11) is 0. The number of rotatable bonds is 4. The fourth-order valence-electron chi connectivity index (χ4n) is 5.24. The van der Waals surface area contributed by atoms with Gasteiger partial charge in [-0.25, -0.2) is 0 Å². The first kappa shape index (κ1) is 22.4. The van der Waals surface area contributed by atoms with E-state index < -0.39 is 0 Å². The lowest BCUT2D eigenvalue weighted by molar-refractivity contribution is 0.565. The largest absolute Gasteiger partial charge is 0.351 e. The summed E-state index contributed by atoms with van der Waals surface area (Å²) in [5.41, 5.74) is 10.8. The second kappa shape index (κ2) is 8.73. The molecule has 1 fully saturated rings. The van der Waals surface area contributed by atoms with Crippen molar-refractivity contribution in [2.24, 2.45) is 0 Å². The van der Waals surface area contributed by atoms with Crippen LogP contribution in [0.15, 0.2) is 72.9 Å². The van der Waals surface area contributed by atoms with E-state index >= 15 is 0 Å². The lowest BCUT2D eigenvalue weighted by Gasteiger charge is -2.28. The topological polar surface area (TPSA) is 33.1 Å². The maximum absolute atomic E-state index is 5.91. The molecule has 34 heavy (non-hydrogen) atoms. The molecule has 1 aliphatic heterocycles. The van der Waals surface area contributed by atoms with Gasteiger partial charge in [-0.1, -0.05) is 42.0 Å². The molecule has 0 amide bonds. The molecule has 4 aromatic rings. The van der Waals surface area contributed by atoms with Crippen molar-refractivity contribution in [3.05, 3.63) is 112 Å². The lowest BCUT2D eigenvalue weighted by atomic mass is 9.96. The van der Waals surface area contributed by atoms with E-state index in [0.29, 0.717) is 0 Å². The van der Waals surface area contributed by atoms with Gasteiger partial charge in [0, 0.05) is 23.3 Å². The van der Waals surface area contributed by atoms with Gasteiger partial charge in [-0.05, 0) is 93.9 Å². The molecule has 4 nitrogen and oxygen atoms in total. The molecule has 0 bridgehead atoms. The van der Waals surface area contributed by atoms with E-state index in [0.717, 1.165) is 16.5 Å². The van der Waals surface area contributed by atoms with Gasteiger partial charge in [0.1, 0.15) is 0 Å². The minimum absolute atomic E-state index is 0.0191. The van der Waals surface area contributed by atoms with Gasteiger partial charge in [-0.3, -0.25) is 4.98 Å². The van der Waals surface area contributed by atoms with Crippen LogP contribution in [0.5, 0.6) is 0 Å². The number of hydrogen-bond acceptors (Lipinski definition) is 2. The monoisotopic (exact) mass is 466 g/mol. The average Bonchev–Trinajstić information content (AvgIpc) is 3.31. The maximum atomic E-state index is 5.91. The number of pyridine rings is 1. The number of anilines is 1. The molecule has 2 unspecified atom stereocenters. The Hall–Kier alpha value is -3.44. The second-order valence-corrected chi connectivity index (χ2v) is 9.62. The fourth-order valence-corrected chi connectivity index (χ4v) is 5.59. The van der Waals surface area contributed by atoms with Gasteiger partial charge >= 0.3 is 0 Å². The zero-order chi connectivity index (χ0) is 24.0. The summed E-state index contributed by atoms with van der Waals surface area (Å²) in [6.45, 7) is 10.9. The van der Waals surface area contributed by atoms with Crippen LogP contribution in [0.4, 0.5) is 5.69 Å². The van der Waals surface area contributed by atoms with E-state index in [4.69, 9.17) is 17.2 Å². The molecule has 0 aliphatic carbocycles. The summed E-state index contributed by atoms with van der Waals surface area (Å²) in [4.78, 5) is 6.96. The first-order valence-corrected chi connectivity index (χ1v) is 12.1. The Morgan fingerprint density at radius 1 is 0.853 bits per heavy atom. The van der Waals surface area contributed by atoms with Gasteiger partial charge in [0.2, 0.25) is 0 Å². The van der Waals surface area contributed by atoms with Crippen LogP contribution >= 0.6 is 12.2 Å². The lowest BCUT2D eigenvalue weighted by Crippen LogP contribution is -2.29. The van der Waals surface area contributed by atoms with Crippen molar-refractivity contribution >= 4 is 23.0 Å². The molecule has 2 aromatic heterocycles. The maximum Gasteiger partial charge on any atom is 0.174 e. The normalized spacial score (nSPS) is 17.8. The van der Waals surface area contributed by atoms with Crippen molar-refractivity contribution in [1.82, 2.24) is 14.9 Å². The quantitative estimate of drug-likeness (QED) is 0.344. The molecular formula is C29H30N4S. The van der Waals surface area contributed by atoms with E-state index in [1.807, 2.05) is 18.3 Å². The number of thiocarbonyl (C=S) groups is 1. The second-order valence-electron chi connectivity index (χ2n) is 9.23. The van der Waals surface area contributed by atoms with Crippen molar-refractivity contribution < 1.29 is 0 Å². The van der Waals surface area contributed by atoms with Gasteiger partial charge in [-0.15, -0.1) is 0 Å². The molecule has 1 aliphatic rings. The van der Waals surface area contributed by atoms with Crippen molar-refractivity contribution in [2.45, 2.75) is 46.7 Å². The third kappa shape index (κ3) is 3.70. The number of nitrogens with zero attached hydrogens (tertiary/aromatic N) is 3. The van der Waals surface area contributed by atoms with E-state index in [1.165, 1.54) is 39.3 Å². The number of para-hydroxylation sites is 1. The minimum Gasteiger partial charge on any atom is -0.351 e. The highest BCUT2D eigenvalue weighted by atomic mass is 32.1. The summed E-state index contributed by atoms with van der Waals surface area (Å²) in [6, 6.07) is 23.4. The van der Waals surface area contributed by atoms with Crippen LogP contribution in [-0.4, -0.2) is 14.7 Å². The molecular weight excluding hydrogens is 436 g/mol. The van der Waals surface area contributed by atoms with E-state index in [2.05, 4.69) is 104 Å². The number of aryl methyl sites for hydroxylation is 4. The smallest absolute Gasteiger partial charge is 0.174 e. The predicted octanol–water partition coefficient (Wildman–Crippen LogP) is 6.59. The van der Waals surface area contributed by atoms with Crippen molar-refractivity contribution in [3.63, 3.8) is 0 Å². The molecule has 3 heterocycles. The molecule has 1 N–H and O–H groups in total. The molecule has 2 atom stereocenters. The first-order chi connectivity index (χ1) is 16.4. The highest BCUT2D eigenvalue weighted by molar-refractivity contribution is 7.80. The number of benzene rings is 2. The number of nitrogens with one attached hydrogen (secondary N) is 1. The third-order valence-corrected chi connectivity index (χ3v) is 7.18. The molecule has 5 heteroatoms. The molecule has 172 valence electrons. The SMILES string of the molecule is Cc1ccc(N2C(=S)NC(c3ccccn3)C2c2cc(C)n(-c3c(C)cccc3C)c2C)cc1. The van der Waals surface area contributed by atoms with Gasteiger partial charge in [0.15, 0.2) is 5.11 Å². The Bertz CT molecular complexity index is 1330. The van der Waals surface area contributed by atoms with Crippen molar-refractivity contribution in [2.75, 3.05) is 4.90 Å². The van der Waals surface area contributed by atoms with Crippen molar-refractivity contribution in [1.29, 1.82) is 0 Å². The summed E-state index contributed by atoms with van der Waals surface area (Å²) >= 11 is 5.91. The minimum atomic E-state index is -0.0538. The van der Waals surface area contributed by atoms with Crippen LogP contribution in [0.2, 0.25) is 0 Å². The third-order valence-electron chi connectivity index (χ3n) is 6.86. The van der Waals surface area contributed by atoms with Gasteiger partial charge in [0.25, 0.3) is 0 Å². The zero-order valence-electron chi connectivity index (χ0n) is 20.3. The zero-order valence-corrected chi connectivity index (χ0v) is 21.1. The Labute approximate surface area is 207 Å². The van der Waals surface area contributed by atoms with Crippen molar-refractivity contribution in [3.8, 4) is 5.69 Å². The van der Waals surface area contributed by atoms with Gasteiger partial charge < -0.3 is 14.8 Å². The summed E-state index contributed by atoms with van der Waals surface area (Å²) in [6.07, 6.45) is 1.85. The Morgan fingerprint density at radius 2 is 1.56 bits per heavy atom. The standard InChI is InChI=1S/C29H30N4S/c1-18-12-14-23(15-13-18)33-28(26(31-29(33)34)25-11-6-7-16-30-25)24-17-21(4)32(22(24)5)27-19(2)9-8-10-20(27)3/h6-17,26,28H,1-5H3,(H,31,34). The van der Waals surface area contributed by atoms with E-state index in [1.54, 1.807) is 0 Å². The van der Waals surface area contributed by atoms with E-state index in [9.17, 15) is 0 Å². The number of hydrogen-bond donors (Lipinski definition) is 1. The Morgan fingerprint density at radius 3 is 2.21 bits per heavy atom. The average molecular weight is 467 g/mol. The summed E-state index contributed by atoms with van der Waals surface area (Å²) in [5.74, 6) is 0. The van der Waals surface area contributed by atoms with E-state index in [-0.39, 0.29) is 12.1 Å². The Balaban J connectivity index is 1.71. The molecule has 5 rings (SSSR count). The van der Waals surface area contributed by atoms with Crippen LogP contribution in [0.25, 0.3) is 5.69 Å². The number of aromatic nitrogens is 2.